The van der Waals surface area contributed by atoms with Gasteiger partial charge in [-0.2, -0.15) is 0 Å². The second-order valence-electron chi connectivity index (χ2n) is 5.39. The molecule has 0 saturated carbocycles. The highest BCUT2D eigenvalue weighted by Crippen LogP contribution is 2.18. The summed E-state index contributed by atoms with van der Waals surface area (Å²) >= 11 is 0. The maximum atomic E-state index is 11.5. The van der Waals surface area contributed by atoms with Gasteiger partial charge in [0, 0.05) is 31.6 Å². The Hall–Kier alpha value is -0.610. The van der Waals surface area contributed by atoms with Gasteiger partial charge in [0.25, 0.3) is 0 Å². The van der Waals surface area contributed by atoms with Crippen molar-refractivity contribution in [1.29, 1.82) is 0 Å². The van der Waals surface area contributed by atoms with Gasteiger partial charge in [-0.1, -0.05) is 13.3 Å². The smallest absolute Gasteiger partial charge is 0.221 e. The molecule has 2 unspecified atom stereocenters. The van der Waals surface area contributed by atoms with Crippen LogP contribution in [0.1, 0.15) is 40.0 Å². The Morgan fingerprint density at radius 2 is 2.24 bits per heavy atom. The first kappa shape index (κ1) is 14.5. The number of hydrogen-bond donors (Lipinski definition) is 2. The predicted molar refractivity (Wildman–Crippen MR) is 70.7 cm³/mol. The molecule has 1 rings (SSSR count). The van der Waals surface area contributed by atoms with E-state index in [4.69, 9.17) is 5.73 Å². The molecule has 1 heterocycles. The minimum Gasteiger partial charge on any atom is -0.354 e. The molecule has 0 bridgehead atoms. The molecule has 1 saturated heterocycles. The van der Waals surface area contributed by atoms with Crippen molar-refractivity contribution in [1.82, 2.24) is 10.2 Å². The second-order valence-corrected chi connectivity index (χ2v) is 5.39. The zero-order valence-electron chi connectivity index (χ0n) is 11.4. The van der Waals surface area contributed by atoms with E-state index in [-0.39, 0.29) is 11.9 Å². The van der Waals surface area contributed by atoms with Gasteiger partial charge in [0.15, 0.2) is 0 Å². The van der Waals surface area contributed by atoms with Gasteiger partial charge in [0.1, 0.15) is 0 Å². The van der Waals surface area contributed by atoms with E-state index in [0.717, 1.165) is 32.5 Å². The first-order valence-electron chi connectivity index (χ1n) is 6.80. The molecule has 0 aromatic heterocycles. The molecule has 0 aliphatic carbocycles. The summed E-state index contributed by atoms with van der Waals surface area (Å²) in [6.45, 7) is 9.12. The van der Waals surface area contributed by atoms with E-state index in [1.54, 1.807) is 0 Å². The number of hydrogen-bond acceptors (Lipinski definition) is 3. The van der Waals surface area contributed by atoms with Gasteiger partial charge in [-0.25, -0.2) is 0 Å². The van der Waals surface area contributed by atoms with Crippen molar-refractivity contribution in [3.63, 3.8) is 0 Å². The van der Waals surface area contributed by atoms with Crippen LogP contribution in [0.3, 0.4) is 0 Å². The van der Waals surface area contributed by atoms with E-state index in [1.165, 1.54) is 0 Å². The summed E-state index contributed by atoms with van der Waals surface area (Å²) in [5.74, 6) is 0.750. The summed E-state index contributed by atoms with van der Waals surface area (Å²) in [5, 5.41) is 2.93. The lowest BCUT2D eigenvalue weighted by molar-refractivity contribution is -0.122. The van der Waals surface area contributed by atoms with Crippen LogP contribution in [0.5, 0.6) is 0 Å². The van der Waals surface area contributed by atoms with Gasteiger partial charge in [-0.05, 0) is 32.7 Å². The standard InChI is InChI=1S/C13H27N3O/c1-4-11-9-16(7-5-12(11)14)8-6-13(17)15-10(2)3/h10-12H,4-9,14H2,1-3H3,(H,15,17). The maximum Gasteiger partial charge on any atom is 0.221 e. The van der Waals surface area contributed by atoms with Gasteiger partial charge in [-0.15, -0.1) is 0 Å². The highest BCUT2D eigenvalue weighted by atomic mass is 16.1. The van der Waals surface area contributed by atoms with Crippen LogP contribution in [-0.2, 0) is 4.79 Å². The number of rotatable bonds is 5. The largest absolute Gasteiger partial charge is 0.354 e. The summed E-state index contributed by atoms with van der Waals surface area (Å²) < 4.78 is 0. The lowest BCUT2D eigenvalue weighted by atomic mass is 9.90. The van der Waals surface area contributed by atoms with E-state index in [2.05, 4.69) is 17.1 Å². The third-order valence-corrected chi connectivity index (χ3v) is 3.51. The first-order valence-corrected chi connectivity index (χ1v) is 6.80. The van der Waals surface area contributed by atoms with Crippen LogP contribution in [0.25, 0.3) is 0 Å². The van der Waals surface area contributed by atoms with E-state index < -0.39 is 0 Å². The predicted octanol–water partition coefficient (Wildman–Crippen LogP) is 0.960. The fraction of sp³-hybridized carbons (Fsp3) is 0.923. The van der Waals surface area contributed by atoms with Crippen molar-refractivity contribution in [3.05, 3.63) is 0 Å². The number of nitrogens with one attached hydrogen (secondary N) is 1. The summed E-state index contributed by atoms with van der Waals surface area (Å²) in [6.07, 6.45) is 2.80. The van der Waals surface area contributed by atoms with Gasteiger partial charge in [-0.3, -0.25) is 4.79 Å². The lowest BCUT2D eigenvalue weighted by Crippen LogP contribution is -2.47. The number of nitrogens with zero attached hydrogens (tertiary/aromatic N) is 1. The number of carbonyl (C=O) groups excluding carboxylic acids is 1. The average molecular weight is 241 g/mol. The van der Waals surface area contributed by atoms with Crippen molar-refractivity contribution in [2.75, 3.05) is 19.6 Å². The molecule has 2 atom stereocenters. The summed E-state index contributed by atoms with van der Waals surface area (Å²) in [5.41, 5.74) is 6.07. The minimum absolute atomic E-state index is 0.155. The molecule has 4 nitrogen and oxygen atoms in total. The molecule has 3 N–H and O–H groups in total. The van der Waals surface area contributed by atoms with Crippen LogP contribution in [-0.4, -0.2) is 42.5 Å². The summed E-state index contributed by atoms with van der Waals surface area (Å²) in [6, 6.07) is 0.585. The van der Waals surface area contributed by atoms with Gasteiger partial charge in [0.2, 0.25) is 5.91 Å². The fourth-order valence-electron chi connectivity index (χ4n) is 2.41. The van der Waals surface area contributed by atoms with Gasteiger partial charge < -0.3 is 16.0 Å². The molecule has 1 amide bonds. The zero-order chi connectivity index (χ0) is 12.8. The molecule has 100 valence electrons. The van der Waals surface area contributed by atoms with Crippen LogP contribution < -0.4 is 11.1 Å². The van der Waals surface area contributed by atoms with Gasteiger partial charge >= 0.3 is 0 Å². The van der Waals surface area contributed by atoms with Gasteiger partial charge in [0.05, 0.1) is 0 Å². The Kier molecular flexibility index (Phi) is 5.92. The molecule has 0 spiro atoms. The summed E-state index contributed by atoms with van der Waals surface area (Å²) in [7, 11) is 0. The van der Waals surface area contributed by atoms with Crippen molar-refractivity contribution in [2.24, 2.45) is 11.7 Å². The lowest BCUT2D eigenvalue weighted by Gasteiger charge is -2.36. The van der Waals surface area contributed by atoms with Crippen molar-refractivity contribution in [3.8, 4) is 0 Å². The monoisotopic (exact) mass is 241 g/mol. The van der Waals surface area contributed by atoms with E-state index in [0.29, 0.717) is 18.4 Å². The second kappa shape index (κ2) is 6.97. The van der Waals surface area contributed by atoms with Crippen molar-refractivity contribution >= 4 is 5.91 Å². The Balaban J connectivity index is 2.26. The topological polar surface area (TPSA) is 58.4 Å². The molecular weight excluding hydrogens is 214 g/mol. The molecule has 0 aromatic rings. The summed E-state index contributed by atoms with van der Waals surface area (Å²) in [4.78, 5) is 13.9. The van der Waals surface area contributed by atoms with Crippen molar-refractivity contribution in [2.45, 2.75) is 52.1 Å². The molecule has 1 aliphatic heterocycles. The van der Waals surface area contributed by atoms with E-state index in [9.17, 15) is 4.79 Å². The molecule has 17 heavy (non-hydrogen) atoms. The average Bonchev–Trinajstić information content (AvgIpc) is 2.27. The number of piperidine rings is 1. The third-order valence-electron chi connectivity index (χ3n) is 3.51. The third kappa shape index (κ3) is 5.04. The van der Waals surface area contributed by atoms with Crippen LogP contribution in [0.4, 0.5) is 0 Å². The molecule has 1 aliphatic rings. The van der Waals surface area contributed by atoms with E-state index in [1.807, 2.05) is 13.8 Å². The quantitative estimate of drug-likeness (QED) is 0.754. The molecular formula is C13H27N3O. The highest BCUT2D eigenvalue weighted by Gasteiger charge is 2.25. The zero-order valence-corrected chi connectivity index (χ0v) is 11.4. The number of nitrogens with two attached hydrogens (primary N) is 1. The molecule has 1 fully saturated rings. The van der Waals surface area contributed by atoms with Crippen LogP contribution in [0.15, 0.2) is 0 Å². The molecule has 0 aromatic carbocycles. The van der Waals surface area contributed by atoms with Crippen LogP contribution >= 0.6 is 0 Å². The minimum atomic E-state index is 0.155. The highest BCUT2D eigenvalue weighted by molar-refractivity contribution is 5.76. The SMILES string of the molecule is CCC1CN(CCC(=O)NC(C)C)CCC1N. The molecule has 4 heteroatoms. The van der Waals surface area contributed by atoms with E-state index >= 15 is 0 Å². The number of amides is 1. The fourth-order valence-corrected chi connectivity index (χ4v) is 2.41. The Morgan fingerprint density at radius 3 is 2.82 bits per heavy atom. The Bertz CT molecular complexity index is 243. The number of likely N-dealkylation sites (tertiary alicyclic amines) is 1. The Morgan fingerprint density at radius 1 is 1.53 bits per heavy atom. The van der Waals surface area contributed by atoms with Crippen molar-refractivity contribution < 1.29 is 4.79 Å². The maximum absolute atomic E-state index is 11.5. The molecule has 0 radical (unpaired) electrons. The number of carbonyl (C=O) groups is 1. The van der Waals surface area contributed by atoms with Crippen LogP contribution in [0.2, 0.25) is 0 Å². The van der Waals surface area contributed by atoms with Crippen LogP contribution in [0, 0.1) is 5.92 Å². The normalized spacial score (nSPS) is 26.2. The first-order chi connectivity index (χ1) is 8.02. The Labute approximate surface area is 105 Å².